The molecule has 2 fully saturated rings. The molecule has 1 saturated heterocycles. The maximum Gasteiger partial charge on any atom is 0.230 e. The number of ether oxygens (including phenoxy) is 1. The molecule has 1 saturated carbocycles. The second-order valence-corrected chi connectivity index (χ2v) is 7.10. The molecule has 24 heavy (non-hydrogen) atoms. The van der Waals surface area contributed by atoms with Crippen LogP contribution in [0.2, 0.25) is 0 Å². The average Bonchev–Trinajstić information content (AvgIpc) is 3.09. The van der Waals surface area contributed by atoms with Gasteiger partial charge in [-0.05, 0) is 38.2 Å². The molecular formula is C19H25N3O2. The minimum Gasteiger partial charge on any atom is -0.424 e. The van der Waals surface area contributed by atoms with E-state index >= 15 is 0 Å². The predicted octanol–water partition coefficient (Wildman–Crippen LogP) is 3.44. The van der Waals surface area contributed by atoms with Gasteiger partial charge >= 0.3 is 0 Å². The van der Waals surface area contributed by atoms with E-state index in [2.05, 4.69) is 46.3 Å². The zero-order chi connectivity index (χ0) is 16.4. The van der Waals surface area contributed by atoms with Crippen LogP contribution in [0, 0.1) is 6.92 Å². The Morgan fingerprint density at radius 2 is 2.08 bits per heavy atom. The third-order valence-electron chi connectivity index (χ3n) is 4.74. The number of benzene rings is 1. The highest BCUT2D eigenvalue weighted by molar-refractivity contribution is 5.22. The number of hydrogen-bond donors (Lipinski definition) is 0. The van der Waals surface area contributed by atoms with E-state index in [1.807, 2.05) is 0 Å². The molecule has 1 atom stereocenters. The number of nitrogens with zero attached hydrogens (tertiary/aromatic N) is 3. The summed E-state index contributed by atoms with van der Waals surface area (Å²) in [5.74, 6) is 2.05. The Bertz CT molecular complexity index is 675. The smallest absolute Gasteiger partial charge is 0.230 e. The van der Waals surface area contributed by atoms with E-state index < -0.39 is 0 Å². The third-order valence-corrected chi connectivity index (χ3v) is 4.74. The van der Waals surface area contributed by atoms with Crippen LogP contribution in [0.5, 0.6) is 0 Å². The van der Waals surface area contributed by atoms with E-state index in [4.69, 9.17) is 9.15 Å². The molecule has 2 aromatic rings. The maximum absolute atomic E-state index is 5.86. The van der Waals surface area contributed by atoms with Crippen LogP contribution in [0.25, 0.3) is 0 Å². The maximum atomic E-state index is 5.86. The largest absolute Gasteiger partial charge is 0.424 e. The third kappa shape index (κ3) is 4.02. The Kier molecular flexibility index (Phi) is 4.63. The van der Waals surface area contributed by atoms with Gasteiger partial charge in [0.25, 0.3) is 0 Å². The highest BCUT2D eigenvalue weighted by Crippen LogP contribution is 2.39. The fraction of sp³-hybridized carbons (Fsp3) is 0.579. The summed E-state index contributed by atoms with van der Waals surface area (Å²) in [6.45, 7) is 5.49. The van der Waals surface area contributed by atoms with Crippen molar-refractivity contribution in [3.63, 3.8) is 0 Å². The molecule has 2 aliphatic rings. The van der Waals surface area contributed by atoms with Crippen molar-refractivity contribution in [2.24, 2.45) is 0 Å². The minimum absolute atomic E-state index is 0.320. The van der Waals surface area contributed by atoms with Crippen LogP contribution < -0.4 is 0 Å². The summed E-state index contributed by atoms with van der Waals surface area (Å²) < 4.78 is 11.7. The molecule has 0 radical (unpaired) electrons. The van der Waals surface area contributed by atoms with Gasteiger partial charge in [-0.2, -0.15) is 0 Å². The van der Waals surface area contributed by atoms with Crippen LogP contribution in [0.4, 0.5) is 0 Å². The van der Waals surface area contributed by atoms with E-state index in [0.717, 1.165) is 44.3 Å². The van der Waals surface area contributed by atoms with Crippen LogP contribution in [0.15, 0.2) is 28.7 Å². The van der Waals surface area contributed by atoms with Crippen LogP contribution in [0.1, 0.15) is 54.5 Å². The first kappa shape index (κ1) is 15.8. The van der Waals surface area contributed by atoms with Crippen molar-refractivity contribution >= 4 is 0 Å². The molecule has 128 valence electrons. The second-order valence-electron chi connectivity index (χ2n) is 7.10. The second kappa shape index (κ2) is 7.03. The molecule has 5 nitrogen and oxygen atoms in total. The first-order valence-corrected chi connectivity index (χ1v) is 8.98. The summed E-state index contributed by atoms with van der Waals surface area (Å²) in [4.78, 5) is 2.37. The Morgan fingerprint density at radius 3 is 2.83 bits per heavy atom. The van der Waals surface area contributed by atoms with Gasteiger partial charge in [-0.1, -0.05) is 29.8 Å². The molecular weight excluding hydrogens is 302 g/mol. The molecule has 1 aromatic heterocycles. The molecule has 2 heterocycles. The quantitative estimate of drug-likeness (QED) is 0.780. The molecule has 0 bridgehead atoms. The van der Waals surface area contributed by atoms with Crippen LogP contribution in [-0.2, 0) is 17.8 Å². The molecule has 4 rings (SSSR count). The summed E-state index contributed by atoms with van der Waals surface area (Å²) in [5.41, 5.74) is 2.60. The summed E-state index contributed by atoms with van der Waals surface area (Å²) in [6.07, 6.45) is 4.99. The van der Waals surface area contributed by atoms with E-state index in [1.165, 1.54) is 24.0 Å². The van der Waals surface area contributed by atoms with Gasteiger partial charge in [-0.15, -0.1) is 10.2 Å². The molecule has 1 aliphatic carbocycles. The molecule has 1 aliphatic heterocycles. The van der Waals surface area contributed by atoms with Crippen molar-refractivity contribution in [3.05, 3.63) is 47.2 Å². The summed E-state index contributed by atoms with van der Waals surface area (Å²) >= 11 is 0. The van der Waals surface area contributed by atoms with Gasteiger partial charge in [-0.3, -0.25) is 4.90 Å². The number of hydrogen-bond acceptors (Lipinski definition) is 5. The fourth-order valence-electron chi connectivity index (χ4n) is 3.35. The standard InChI is InChI=1S/C19H25N3O2/c1-14-4-2-5-15(10-14)11-22(12-17-6-3-9-23-17)13-18-20-21-19(24-18)16-7-8-16/h2,4-5,10,16-17H,3,6-9,11-13H2,1H3/t17-/m1/s1. The normalized spacial score (nSPS) is 20.8. The number of rotatable bonds is 7. The molecule has 0 N–H and O–H groups in total. The molecule has 0 amide bonds. The molecule has 0 unspecified atom stereocenters. The minimum atomic E-state index is 0.320. The van der Waals surface area contributed by atoms with E-state index in [9.17, 15) is 0 Å². The Morgan fingerprint density at radius 1 is 1.17 bits per heavy atom. The van der Waals surface area contributed by atoms with Gasteiger partial charge in [-0.25, -0.2) is 0 Å². The predicted molar refractivity (Wildman–Crippen MR) is 90.5 cm³/mol. The number of aromatic nitrogens is 2. The summed E-state index contributed by atoms with van der Waals surface area (Å²) in [5, 5.41) is 8.46. The van der Waals surface area contributed by atoms with Gasteiger partial charge in [0, 0.05) is 25.6 Å². The van der Waals surface area contributed by atoms with Gasteiger partial charge in [0.05, 0.1) is 12.6 Å². The topological polar surface area (TPSA) is 51.4 Å². The lowest BCUT2D eigenvalue weighted by Gasteiger charge is -2.24. The van der Waals surface area contributed by atoms with Gasteiger partial charge in [0.15, 0.2) is 0 Å². The van der Waals surface area contributed by atoms with Gasteiger partial charge in [0.1, 0.15) is 0 Å². The zero-order valence-corrected chi connectivity index (χ0v) is 14.3. The van der Waals surface area contributed by atoms with E-state index in [-0.39, 0.29) is 0 Å². The van der Waals surface area contributed by atoms with Crippen LogP contribution in [-0.4, -0.2) is 34.4 Å². The highest BCUT2D eigenvalue weighted by Gasteiger charge is 2.30. The molecule has 5 heteroatoms. The Balaban J connectivity index is 1.45. The lowest BCUT2D eigenvalue weighted by Crippen LogP contribution is -2.31. The van der Waals surface area contributed by atoms with Crippen LogP contribution in [0.3, 0.4) is 0 Å². The summed E-state index contributed by atoms with van der Waals surface area (Å²) in [6, 6.07) is 8.67. The first-order valence-electron chi connectivity index (χ1n) is 8.98. The average molecular weight is 327 g/mol. The monoisotopic (exact) mass is 327 g/mol. The number of aryl methyl sites for hydroxylation is 1. The first-order chi connectivity index (χ1) is 11.8. The fourth-order valence-corrected chi connectivity index (χ4v) is 3.35. The zero-order valence-electron chi connectivity index (χ0n) is 14.3. The Labute approximate surface area is 143 Å². The molecule has 0 spiro atoms. The van der Waals surface area contributed by atoms with Crippen molar-refractivity contribution in [1.82, 2.24) is 15.1 Å². The van der Waals surface area contributed by atoms with Crippen molar-refractivity contribution in [2.45, 2.75) is 57.7 Å². The van der Waals surface area contributed by atoms with Gasteiger partial charge < -0.3 is 9.15 Å². The van der Waals surface area contributed by atoms with Crippen molar-refractivity contribution in [3.8, 4) is 0 Å². The van der Waals surface area contributed by atoms with Crippen molar-refractivity contribution in [2.75, 3.05) is 13.2 Å². The van der Waals surface area contributed by atoms with E-state index in [1.54, 1.807) is 0 Å². The Hall–Kier alpha value is -1.72. The van der Waals surface area contributed by atoms with Crippen LogP contribution >= 0.6 is 0 Å². The lowest BCUT2D eigenvalue weighted by atomic mass is 10.1. The van der Waals surface area contributed by atoms with E-state index in [0.29, 0.717) is 18.6 Å². The highest BCUT2D eigenvalue weighted by atomic mass is 16.5. The van der Waals surface area contributed by atoms with Crippen molar-refractivity contribution < 1.29 is 9.15 Å². The summed E-state index contributed by atoms with van der Waals surface area (Å²) in [7, 11) is 0. The van der Waals surface area contributed by atoms with Crippen molar-refractivity contribution in [1.29, 1.82) is 0 Å². The van der Waals surface area contributed by atoms with Gasteiger partial charge in [0.2, 0.25) is 11.8 Å². The lowest BCUT2D eigenvalue weighted by molar-refractivity contribution is 0.0647. The molecule has 1 aromatic carbocycles. The SMILES string of the molecule is Cc1cccc(CN(Cc2nnc(C3CC3)o2)C[C@H]2CCCO2)c1.